The first-order valence-corrected chi connectivity index (χ1v) is 9.00. The summed E-state index contributed by atoms with van der Waals surface area (Å²) in [5.74, 6) is -0.667. The van der Waals surface area contributed by atoms with E-state index in [1.54, 1.807) is 0 Å². The van der Waals surface area contributed by atoms with Crippen LogP contribution in [0.1, 0.15) is 16.7 Å². The van der Waals surface area contributed by atoms with E-state index in [9.17, 15) is 9.59 Å². The van der Waals surface area contributed by atoms with E-state index in [1.165, 1.54) is 11.1 Å². The Balaban J connectivity index is 1.70. The summed E-state index contributed by atoms with van der Waals surface area (Å²) in [6.07, 6.45) is 4.84. The van der Waals surface area contributed by atoms with Crippen molar-refractivity contribution in [2.45, 2.75) is 13.0 Å². The van der Waals surface area contributed by atoms with Crippen LogP contribution in [0.3, 0.4) is 0 Å². The van der Waals surface area contributed by atoms with E-state index < -0.39 is 0 Å². The average Bonchev–Trinajstić information content (AvgIpc) is 3.41. The molecule has 5 heteroatoms. The summed E-state index contributed by atoms with van der Waals surface area (Å²) in [5, 5.41) is 4.47. The number of H-pyrrole nitrogens is 1. The van der Waals surface area contributed by atoms with Crippen LogP contribution in [0.4, 0.5) is 0 Å². The van der Waals surface area contributed by atoms with Gasteiger partial charge in [-0.3, -0.25) is 14.9 Å². The molecule has 2 amide bonds. The van der Waals surface area contributed by atoms with Gasteiger partial charge in [0.05, 0.1) is 16.7 Å². The number of aryl methyl sites for hydroxylation is 2. The molecule has 0 bridgehead atoms. The summed E-state index contributed by atoms with van der Waals surface area (Å²) in [5.41, 5.74) is 5.91. The summed E-state index contributed by atoms with van der Waals surface area (Å²) in [6, 6.07) is 14.0. The minimum Gasteiger partial charge on any atom is -0.361 e. The van der Waals surface area contributed by atoms with Crippen molar-refractivity contribution in [1.29, 1.82) is 0 Å². The van der Waals surface area contributed by atoms with Crippen molar-refractivity contribution in [2.24, 2.45) is 0 Å². The lowest BCUT2D eigenvalue weighted by atomic mass is 9.95. The van der Waals surface area contributed by atoms with E-state index in [4.69, 9.17) is 0 Å². The lowest BCUT2D eigenvalue weighted by molar-refractivity contribution is -0.122. The second-order valence-corrected chi connectivity index (χ2v) is 7.08. The van der Waals surface area contributed by atoms with Crippen molar-refractivity contribution in [3.63, 3.8) is 0 Å². The largest absolute Gasteiger partial charge is 0.361 e. The van der Waals surface area contributed by atoms with E-state index in [-0.39, 0.29) is 11.8 Å². The molecule has 4 heterocycles. The van der Waals surface area contributed by atoms with Gasteiger partial charge in [0.1, 0.15) is 0 Å². The first kappa shape index (κ1) is 14.6. The molecule has 2 aromatic heterocycles. The van der Waals surface area contributed by atoms with Gasteiger partial charge in [0.25, 0.3) is 11.8 Å². The number of nitrogens with one attached hydrogen (secondary N) is 2. The Hall–Kier alpha value is -3.60. The van der Waals surface area contributed by atoms with Gasteiger partial charge in [0, 0.05) is 46.4 Å². The third-order valence-corrected chi connectivity index (χ3v) is 5.66. The summed E-state index contributed by atoms with van der Waals surface area (Å²) in [4.78, 5) is 28.7. The number of carbonyl (C=O) groups is 2. The number of fused-ring (bicyclic) bond motifs is 1. The molecule has 2 N–H and O–H groups in total. The van der Waals surface area contributed by atoms with Crippen LogP contribution >= 0.6 is 0 Å². The van der Waals surface area contributed by atoms with E-state index in [2.05, 4.69) is 20.9 Å². The molecule has 0 aliphatic carbocycles. The zero-order chi connectivity index (χ0) is 18.1. The predicted octanol–water partition coefficient (Wildman–Crippen LogP) is 3.25. The molecule has 2 aromatic carbocycles. The highest BCUT2D eigenvalue weighted by Crippen LogP contribution is 2.40. The first-order chi connectivity index (χ1) is 13.2. The standard InChI is InChI=1S/C22H15N3O2/c26-21-18(15-10-23-17-7-2-1-5-13(15)17)19(22(27)24-21)16-11-25-9-8-12-4-3-6-14(16)20(12)25/h1-7,10-11,23H,8-9H2,(H,24,26,27). The number of para-hydroxylation sites is 2. The molecule has 0 atom stereocenters. The molecule has 27 heavy (non-hydrogen) atoms. The first-order valence-electron chi connectivity index (χ1n) is 9.00. The zero-order valence-corrected chi connectivity index (χ0v) is 14.4. The molecule has 0 radical (unpaired) electrons. The number of rotatable bonds is 2. The Labute approximate surface area is 154 Å². The van der Waals surface area contributed by atoms with Gasteiger partial charge in [0.15, 0.2) is 0 Å². The van der Waals surface area contributed by atoms with Crippen LogP contribution in [-0.2, 0) is 22.6 Å². The quantitative estimate of drug-likeness (QED) is 0.543. The molecule has 2 aliphatic rings. The molecule has 5 nitrogen and oxygen atoms in total. The van der Waals surface area contributed by atoms with Crippen molar-refractivity contribution in [1.82, 2.24) is 14.9 Å². The number of imide groups is 1. The smallest absolute Gasteiger partial charge is 0.259 e. The fourth-order valence-electron chi connectivity index (χ4n) is 4.50. The Kier molecular flexibility index (Phi) is 2.68. The van der Waals surface area contributed by atoms with Crippen molar-refractivity contribution >= 4 is 44.8 Å². The maximum absolute atomic E-state index is 12.8. The van der Waals surface area contributed by atoms with Crippen LogP contribution in [0.15, 0.2) is 54.9 Å². The molecule has 4 aromatic rings. The zero-order valence-electron chi connectivity index (χ0n) is 14.4. The summed E-state index contributed by atoms with van der Waals surface area (Å²) < 4.78 is 2.19. The summed E-state index contributed by atoms with van der Waals surface area (Å²) in [6.45, 7) is 0.904. The minimum absolute atomic E-state index is 0.328. The molecular weight excluding hydrogens is 338 g/mol. The monoisotopic (exact) mass is 353 g/mol. The molecule has 2 aliphatic heterocycles. The fraction of sp³-hybridized carbons (Fsp3) is 0.0909. The van der Waals surface area contributed by atoms with Crippen molar-refractivity contribution in [2.75, 3.05) is 0 Å². The highest BCUT2D eigenvalue weighted by molar-refractivity contribution is 6.50. The molecule has 6 rings (SSSR count). The SMILES string of the molecule is O=C1NC(=O)C(c2cn3c4c(cccc24)CC3)=C1c1c[nH]c2ccccc12. The van der Waals surface area contributed by atoms with Crippen LogP contribution in [0, 0.1) is 0 Å². The Bertz CT molecular complexity index is 1340. The molecule has 130 valence electrons. The number of aromatic nitrogens is 2. The van der Waals surface area contributed by atoms with Crippen LogP contribution in [0.5, 0.6) is 0 Å². The van der Waals surface area contributed by atoms with Crippen molar-refractivity contribution < 1.29 is 9.59 Å². The van der Waals surface area contributed by atoms with E-state index >= 15 is 0 Å². The van der Waals surface area contributed by atoms with Crippen molar-refractivity contribution in [3.8, 4) is 0 Å². The number of carbonyl (C=O) groups excluding carboxylic acids is 2. The molecule has 0 fully saturated rings. The average molecular weight is 353 g/mol. The number of aromatic amines is 1. The normalized spacial score (nSPS) is 16.1. The second kappa shape index (κ2) is 4.98. The Morgan fingerprint density at radius 3 is 2.52 bits per heavy atom. The van der Waals surface area contributed by atoms with Gasteiger partial charge in [-0.25, -0.2) is 0 Å². The second-order valence-electron chi connectivity index (χ2n) is 7.08. The highest BCUT2D eigenvalue weighted by atomic mass is 16.2. The third kappa shape index (κ3) is 1.83. The number of amides is 2. The van der Waals surface area contributed by atoms with Gasteiger partial charge in [-0.05, 0) is 18.1 Å². The van der Waals surface area contributed by atoms with Crippen molar-refractivity contribution in [3.05, 3.63) is 71.5 Å². The van der Waals surface area contributed by atoms with Crippen LogP contribution in [0.2, 0.25) is 0 Å². The Morgan fingerprint density at radius 1 is 0.852 bits per heavy atom. The lowest BCUT2D eigenvalue weighted by Gasteiger charge is -2.04. The van der Waals surface area contributed by atoms with Gasteiger partial charge in [-0.1, -0.05) is 36.4 Å². The number of hydrogen-bond donors (Lipinski definition) is 2. The maximum Gasteiger partial charge on any atom is 0.259 e. The van der Waals surface area contributed by atoms with Gasteiger partial charge < -0.3 is 9.55 Å². The molecule has 0 saturated heterocycles. The molecular formula is C22H15N3O2. The van der Waals surface area contributed by atoms with Crippen LogP contribution < -0.4 is 5.32 Å². The van der Waals surface area contributed by atoms with Gasteiger partial charge in [-0.15, -0.1) is 0 Å². The van der Waals surface area contributed by atoms with Crippen LogP contribution in [0.25, 0.3) is 33.0 Å². The highest BCUT2D eigenvalue weighted by Gasteiger charge is 2.35. The number of hydrogen-bond acceptors (Lipinski definition) is 2. The maximum atomic E-state index is 12.8. The molecule has 0 spiro atoms. The van der Waals surface area contributed by atoms with Crippen LogP contribution in [-0.4, -0.2) is 21.4 Å². The molecule has 0 saturated carbocycles. The number of nitrogens with zero attached hydrogens (tertiary/aromatic N) is 1. The third-order valence-electron chi connectivity index (χ3n) is 5.66. The molecule has 0 unspecified atom stereocenters. The minimum atomic E-state index is -0.339. The lowest BCUT2D eigenvalue weighted by Crippen LogP contribution is -2.22. The Morgan fingerprint density at radius 2 is 1.63 bits per heavy atom. The topological polar surface area (TPSA) is 66.9 Å². The van der Waals surface area contributed by atoms with Gasteiger partial charge in [-0.2, -0.15) is 0 Å². The summed E-state index contributed by atoms with van der Waals surface area (Å²) >= 11 is 0. The predicted molar refractivity (Wildman–Crippen MR) is 104 cm³/mol. The fourth-order valence-corrected chi connectivity index (χ4v) is 4.50. The van der Waals surface area contributed by atoms with Gasteiger partial charge in [0.2, 0.25) is 0 Å². The van der Waals surface area contributed by atoms with E-state index in [1.807, 2.05) is 48.8 Å². The summed E-state index contributed by atoms with van der Waals surface area (Å²) in [7, 11) is 0. The van der Waals surface area contributed by atoms with Gasteiger partial charge >= 0.3 is 0 Å². The number of benzene rings is 2. The van der Waals surface area contributed by atoms with E-state index in [0.29, 0.717) is 11.1 Å². The van der Waals surface area contributed by atoms with E-state index in [0.717, 1.165) is 40.4 Å².